The van der Waals surface area contributed by atoms with Crippen molar-refractivity contribution in [1.29, 1.82) is 0 Å². The van der Waals surface area contributed by atoms with Gasteiger partial charge < -0.3 is 14.7 Å². The summed E-state index contributed by atoms with van der Waals surface area (Å²) in [5.41, 5.74) is 4.30. The van der Waals surface area contributed by atoms with Gasteiger partial charge in [-0.05, 0) is 38.3 Å². The Morgan fingerprint density at radius 3 is 2.55 bits per heavy atom. The Morgan fingerprint density at radius 2 is 1.94 bits per heavy atom. The first-order chi connectivity index (χ1) is 14.4. The van der Waals surface area contributed by atoms with Gasteiger partial charge in [0.15, 0.2) is 5.96 Å². The summed E-state index contributed by atoms with van der Waals surface area (Å²) >= 11 is 0. The number of rotatable bonds is 7. The molecule has 1 aromatic carbocycles. The molecule has 1 aliphatic heterocycles. The quantitative estimate of drug-likeness (QED) is 0.318. The molecule has 3 rings (SSSR count). The number of aryl methyl sites for hydroxylation is 2. The molecule has 31 heavy (non-hydrogen) atoms. The lowest BCUT2D eigenvalue weighted by Crippen LogP contribution is -2.54. The summed E-state index contributed by atoms with van der Waals surface area (Å²) in [5, 5.41) is 7.05. The van der Waals surface area contributed by atoms with Gasteiger partial charge in [-0.2, -0.15) is 4.31 Å². The fourth-order valence-electron chi connectivity index (χ4n) is 3.60. The standard InChI is InChI=1S/C21H31N5O3S.HI/c1-4-22-21(23-9-7-19-6-5-17(2)15-18(19)3)25-10-12-26(13-11-25)30(27,28)16-20-8-14-29-24-20;/h5-6,8,14-15H,4,7,9-13,16H2,1-3H3,(H,22,23);1H. The first-order valence-corrected chi connectivity index (χ1v) is 12.0. The van der Waals surface area contributed by atoms with E-state index in [1.165, 1.54) is 27.3 Å². The normalized spacial score (nSPS) is 15.6. The van der Waals surface area contributed by atoms with E-state index in [1.54, 1.807) is 6.07 Å². The van der Waals surface area contributed by atoms with Gasteiger partial charge in [0, 0.05) is 45.3 Å². The minimum atomic E-state index is -3.41. The molecule has 0 spiro atoms. The van der Waals surface area contributed by atoms with Gasteiger partial charge in [-0.15, -0.1) is 24.0 Å². The average molecular weight is 561 g/mol. The number of nitrogens with one attached hydrogen (secondary N) is 1. The highest BCUT2D eigenvalue weighted by molar-refractivity contribution is 14.0. The molecule has 0 amide bonds. The number of halogens is 1. The summed E-state index contributed by atoms with van der Waals surface area (Å²) in [6.45, 7) is 9.81. The Balaban J connectivity index is 0.00000341. The minimum absolute atomic E-state index is 0. The van der Waals surface area contributed by atoms with Gasteiger partial charge >= 0.3 is 0 Å². The molecule has 0 bridgehead atoms. The van der Waals surface area contributed by atoms with Gasteiger partial charge in [-0.1, -0.05) is 28.9 Å². The molecule has 2 heterocycles. The number of sulfonamides is 1. The highest BCUT2D eigenvalue weighted by atomic mass is 127. The van der Waals surface area contributed by atoms with Gasteiger partial charge in [0.2, 0.25) is 10.0 Å². The van der Waals surface area contributed by atoms with Crippen LogP contribution >= 0.6 is 24.0 Å². The monoisotopic (exact) mass is 561 g/mol. The number of aromatic nitrogens is 1. The molecule has 1 fully saturated rings. The molecule has 0 unspecified atom stereocenters. The van der Waals surface area contributed by atoms with E-state index in [9.17, 15) is 8.42 Å². The highest BCUT2D eigenvalue weighted by Gasteiger charge is 2.28. The van der Waals surface area contributed by atoms with Crippen molar-refractivity contribution in [2.24, 2.45) is 4.99 Å². The maximum absolute atomic E-state index is 12.6. The van der Waals surface area contributed by atoms with Gasteiger partial charge in [0.25, 0.3) is 0 Å². The van der Waals surface area contributed by atoms with Crippen LogP contribution in [-0.2, 0) is 22.2 Å². The van der Waals surface area contributed by atoms with Gasteiger partial charge in [-0.3, -0.25) is 4.99 Å². The lowest BCUT2D eigenvalue weighted by Gasteiger charge is -2.35. The predicted molar refractivity (Wildman–Crippen MR) is 133 cm³/mol. The summed E-state index contributed by atoms with van der Waals surface area (Å²) in [6.07, 6.45) is 2.27. The van der Waals surface area contributed by atoms with Crippen LogP contribution in [0.15, 0.2) is 40.0 Å². The minimum Gasteiger partial charge on any atom is -0.364 e. The first-order valence-electron chi connectivity index (χ1n) is 10.4. The molecular formula is C21H32IN5O3S. The van der Waals surface area contributed by atoms with E-state index in [4.69, 9.17) is 9.52 Å². The Kier molecular flexibility index (Phi) is 9.76. The largest absolute Gasteiger partial charge is 0.364 e. The molecule has 1 N–H and O–H groups in total. The van der Waals surface area contributed by atoms with Gasteiger partial charge in [0.1, 0.15) is 12.0 Å². The van der Waals surface area contributed by atoms with Crippen molar-refractivity contribution in [3.8, 4) is 0 Å². The number of piperazine rings is 1. The zero-order chi connectivity index (χ0) is 21.6. The Labute approximate surface area is 202 Å². The van der Waals surface area contributed by atoms with Crippen molar-refractivity contribution in [3.05, 3.63) is 52.9 Å². The van der Waals surface area contributed by atoms with Crippen LogP contribution in [0.2, 0.25) is 0 Å². The number of guanidine groups is 1. The Morgan fingerprint density at radius 1 is 1.19 bits per heavy atom. The van der Waals surface area contributed by atoms with E-state index in [0.717, 1.165) is 18.9 Å². The Hall–Kier alpha value is -1.66. The third-order valence-electron chi connectivity index (χ3n) is 5.23. The van der Waals surface area contributed by atoms with Crippen LogP contribution in [0.1, 0.15) is 29.3 Å². The van der Waals surface area contributed by atoms with Gasteiger partial charge in [0.05, 0.1) is 5.69 Å². The zero-order valence-corrected chi connectivity index (χ0v) is 21.5. The van der Waals surface area contributed by atoms with E-state index in [-0.39, 0.29) is 29.7 Å². The van der Waals surface area contributed by atoms with Crippen molar-refractivity contribution in [3.63, 3.8) is 0 Å². The number of benzene rings is 1. The van der Waals surface area contributed by atoms with Crippen molar-refractivity contribution in [2.45, 2.75) is 32.9 Å². The summed E-state index contributed by atoms with van der Waals surface area (Å²) in [4.78, 5) is 6.92. The lowest BCUT2D eigenvalue weighted by molar-refractivity contribution is 0.260. The van der Waals surface area contributed by atoms with Gasteiger partial charge in [-0.25, -0.2) is 8.42 Å². The fraction of sp³-hybridized carbons (Fsp3) is 0.524. The molecule has 0 radical (unpaired) electrons. The van der Waals surface area contributed by atoms with Crippen LogP contribution in [0.3, 0.4) is 0 Å². The summed E-state index contributed by atoms with van der Waals surface area (Å²) in [6, 6.07) is 8.09. The molecular weight excluding hydrogens is 529 g/mol. The zero-order valence-electron chi connectivity index (χ0n) is 18.4. The number of hydrogen-bond donors (Lipinski definition) is 1. The second-order valence-corrected chi connectivity index (χ2v) is 9.52. The first kappa shape index (κ1) is 25.6. The van der Waals surface area contributed by atoms with Crippen molar-refractivity contribution in [1.82, 2.24) is 19.7 Å². The number of hydrogen-bond acceptors (Lipinski definition) is 5. The Bertz CT molecular complexity index is 955. The second-order valence-electron chi connectivity index (χ2n) is 7.55. The van der Waals surface area contributed by atoms with E-state index in [2.05, 4.69) is 47.4 Å². The van der Waals surface area contributed by atoms with Crippen LogP contribution in [0.25, 0.3) is 0 Å². The molecule has 0 atom stereocenters. The maximum Gasteiger partial charge on any atom is 0.220 e. The molecule has 10 heteroatoms. The molecule has 172 valence electrons. The number of aliphatic imine (C=N–C) groups is 1. The average Bonchev–Trinajstić information content (AvgIpc) is 3.21. The summed E-state index contributed by atoms with van der Waals surface area (Å²) < 4.78 is 31.5. The topological polar surface area (TPSA) is 91.0 Å². The van der Waals surface area contributed by atoms with Crippen LogP contribution in [0, 0.1) is 13.8 Å². The molecule has 8 nitrogen and oxygen atoms in total. The summed E-state index contributed by atoms with van der Waals surface area (Å²) in [7, 11) is -3.41. The van der Waals surface area contributed by atoms with Crippen molar-refractivity contribution >= 4 is 40.0 Å². The van der Waals surface area contributed by atoms with Crippen molar-refractivity contribution < 1.29 is 12.9 Å². The molecule has 2 aromatic rings. The third-order valence-corrected chi connectivity index (χ3v) is 7.04. The fourth-order valence-corrected chi connectivity index (χ4v) is 5.03. The third kappa shape index (κ3) is 7.18. The highest BCUT2D eigenvalue weighted by Crippen LogP contribution is 2.14. The molecule has 0 saturated carbocycles. The maximum atomic E-state index is 12.6. The molecule has 1 saturated heterocycles. The smallest absolute Gasteiger partial charge is 0.220 e. The summed E-state index contributed by atoms with van der Waals surface area (Å²) in [5.74, 6) is 0.712. The van der Waals surface area contributed by atoms with Crippen LogP contribution < -0.4 is 5.32 Å². The molecule has 0 aliphatic carbocycles. The SMILES string of the molecule is CCNC(=NCCc1ccc(C)cc1C)N1CCN(S(=O)(=O)Cc2ccon2)CC1.I. The van der Waals surface area contributed by atoms with Crippen LogP contribution in [0.5, 0.6) is 0 Å². The van der Waals surface area contributed by atoms with E-state index < -0.39 is 10.0 Å². The predicted octanol–water partition coefficient (Wildman–Crippen LogP) is 2.57. The van der Waals surface area contributed by atoms with E-state index >= 15 is 0 Å². The number of nitrogens with zero attached hydrogens (tertiary/aromatic N) is 4. The van der Waals surface area contributed by atoms with Crippen LogP contribution in [0.4, 0.5) is 0 Å². The van der Waals surface area contributed by atoms with E-state index in [0.29, 0.717) is 38.4 Å². The van der Waals surface area contributed by atoms with Crippen LogP contribution in [-0.4, -0.2) is 68.0 Å². The molecule has 1 aromatic heterocycles. The lowest BCUT2D eigenvalue weighted by atomic mass is 10.0. The van der Waals surface area contributed by atoms with Crippen molar-refractivity contribution in [2.75, 3.05) is 39.3 Å². The second kappa shape index (κ2) is 11.8. The molecule has 1 aliphatic rings. The van der Waals surface area contributed by atoms with E-state index in [1.807, 2.05) is 6.92 Å².